The normalized spacial score (nSPS) is 20.3. The lowest BCUT2D eigenvalue weighted by molar-refractivity contribution is -0.143. The van der Waals surface area contributed by atoms with E-state index >= 15 is 0 Å². The van der Waals surface area contributed by atoms with E-state index in [-0.39, 0.29) is 6.03 Å². The molecule has 1 aliphatic rings. The standard InChI is InChI=1S/C13H25N3O3/c1-5-16-8-6-7-10(16)9-15(4)12(19)14-13(2,3)11(17)18/h10H,5-9H2,1-4H3,(H,14,19)(H,17,18). The molecule has 0 aliphatic carbocycles. The number of carbonyl (C=O) groups is 2. The van der Waals surface area contributed by atoms with E-state index in [0.717, 1.165) is 25.9 Å². The summed E-state index contributed by atoms with van der Waals surface area (Å²) in [5, 5.41) is 11.5. The maximum absolute atomic E-state index is 12.0. The van der Waals surface area contributed by atoms with Crippen LogP contribution in [0.2, 0.25) is 0 Å². The molecule has 1 unspecified atom stereocenters. The van der Waals surface area contributed by atoms with E-state index in [1.807, 2.05) is 0 Å². The lowest BCUT2D eigenvalue weighted by Gasteiger charge is -2.30. The van der Waals surface area contributed by atoms with Crippen LogP contribution >= 0.6 is 0 Å². The maximum atomic E-state index is 12.0. The Morgan fingerprint density at radius 2 is 2.11 bits per heavy atom. The number of amides is 2. The molecular formula is C13H25N3O3. The number of hydrogen-bond acceptors (Lipinski definition) is 3. The molecule has 1 atom stereocenters. The molecule has 6 nitrogen and oxygen atoms in total. The Bertz CT molecular complexity index is 344. The van der Waals surface area contributed by atoms with Gasteiger partial charge in [0.05, 0.1) is 0 Å². The van der Waals surface area contributed by atoms with Crippen molar-refractivity contribution in [3.8, 4) is 0 Å². The summed E-state index contributed by atoms with van der Waals surface area (Å²) in [6.07, 6.45) is 2.25. The minimum atomic E-state index is -1.24. The van der Waals surface area contributed by atoms with Gasteiger partial charge in [0.15, 0.2) is 0 Å². The summed E-state index contributed by atoms with van der Waals surface area (Å²) < 4.78 is 0. The van der Waals surface area contributed by atoms with Gasteiger partial charge in [-0.05, 0) is 39.8 Å². The molecule has 0 bridgehead atoms. The minimum absolute atomic E-state index is 0.338. The SMILES string of the molecule is CCN1CCCC1CN(C)C(=O)NC(C)(C)C(=O)O. The maximum Gasteiger partial charge on any atom is 0.328 e. The van der Waals surface area contributed by atoms with Gasteiger partial charge in [0.25, 0.3) is 0 Å². The fraction of sp³-hybridized carbons (Fsp3) is 0.846. The molecule has 0 aromatic rings. The number of rotatable bonds is 5. The van der Waals surface area contributed by atoms with E-state index < -0.39 is 11.5 Å². The predicted molar refractivity (Wildman–Crippen MR) is 73.1 cm³/mol. The topological polar surface area (TPSA) is 72.9 Å². The Balaban J connectivity index is 2.51. The number of likely N-dealkylation sites (N-methyl/N-ethyl adjacent to an activating group) is 2. The van der Waals surface area contributed by atoms with Crippen molar-refractivity contribution in [1.82, 2.24) is 15.1 Å². The van der Waals surface area contributed by atoms with Gasteiger partial charge in [-0.1, -0.05) is 6.92 Å². The monoisotopic (exact) mass is 271 g/mol. The number of carboxylic acid groups (broad SMARTS) is 1. The van der Waals surface area contributed by atoms with Gasteiger partial charge in [0.1, 0.15) is 5.54 Å². The molecule has 2 N–H and O–H groups in total. The minimum Gasteiger partial charge on any atom is -0.480 e. The fourth-order valence-electron chi connectivity index (χ4n) is 2.33. The van der Waals surface area contributed by atoms with Crippen molar-refractivity contribution < 1.29 is 14.7 Å². The quantitative estimate of drug-likeness (QED) is 0.781. The summed E-state index contributed by atoms with van der Waals surface area (Å²) >= 11 is 0. The van der Waals surface area contributed by atoms with Gasteiger partial charge < -0.3 is 15.3 Å². The second-order valence-electron chi connectivity index (χ2n) is 5.67. The summed E-state index contributed by atoms with van der Waals surface area (Å²) in [5.74, 6) is -1.04. The van der Waals surface area contributed by atoms with Crippen molar-refractivity contribution >= 4 is 12.0 Å². The third-order valence-corrected chi connectivity index (χ3v) is 3.69. The fourth-order valence-corrected chi connectivity index (χ4v) is 2.33. The highest BCUT2D eigenvalue weighted by Gasteiger charge is 2.31. The second kappa shape index (κ2) is 6.23. The first-order valence-corrected chi connectivity index (χ1v) is 6.78. The third kappa shape index (κ3) is 4.09. The first-order valence-electron chi connectivity index (χ1n) is 6.78. The van der Waals surface area contributed by atoms with Crippen LogP contribution in [0.4, 0.5) is 4.79 Å². The summed E-state index contributed by atoms with van der Waals surface area (Å²) in [6.45, 7) is 7.78. The molecule has 0 saturated carbocycles. The second-order valence-corrected chi connectivity index (χ2v) is 5.67. The number of carboxylic acids is 1. The van der Waals surface area contributed by atoms with E-state index in [1.165, 1.54) is 13.8 Å². The van der Waals surface area contributed by atoms with Gasteiger partial charge in [-0.2, -0.15) is 0 Å². The summed E-state index contributed by atoms with van der Waals surface area (Å²) in [4.78, 5) is 26.9. The molecular weight excluding hydrogens is 246 g/mol. The van der Waals surface area contributed by atoms with Crippen molar-refractivity contribution in [1.29, 1.82) is 0 Å². The van der Waals surface area contributed by atoms with Gasteiger partial charge in [0.2, 0.25) is 0 Å². The van der Waals surface area contributed by atoms with Crippen molar-refractivity contribution in [2.24, 2.45) is 0 Å². The van der Waals surface area contributed by atoms with Gasteiger partial charge >= 0.3 is 12.0 Å². The zero-order valence-corrected chi connectivity index (χ0v) is 12.3. The van der Waals surface area contributed by atoms with Crippen LogP contribution in [-0.4, -0.2) is 65.2 Å². The molecule has 110 valence electrons. The zero-order chi connectivity index (χ0) is 14.6. The van der Waals surface area contributed by atoms with Crippen LogP contribution in [0.5, 0.6) is 0 Å². The van der Waals surface area contributed by atoms with Crippen LogP contribution in [0.3, 0.4) is 0 Å². The molecule has 1 rings (SSSR count). The van der Waals surface area contributed by atoms with Crippen molar-refractivity contribution in [3.63, 3.8) is 0 Å². The van der Waals surface area contributed by atoms with Gasteiger partial charge in [-0.15, -0.1) is 0 Å². The molecule has 0 aromatic heterocycles. The average molecular weight is 271 g/mol. The number of urea groups is 1. The van der Waals surface area contributed by atoms with E-state index in [1.54, 1.807) is 11.9 Å². The number of nitrogens with zero attached hydrogens (tertiary/aromatic N) is 2. The summed E-state index contributed by atoms with van der Waals surface area (Å²) in [6, 6.07) is 0.0454. The molecule has 1 aliphatic heterocycles. The molecule has 2 amide bonds. The van der Waals surface area contributed by atoms with E-state index in [9.17, 15) is 9.59 Å². The largest absolute Gasteiger partial charge is 0.480 e. The van der Waals surface area contributed by atoms with Gasteiger partial charge in [-0.25, -0.2) is 9.59 Å². The Morgan fingerprint density at radius 1 is 1.47 bits per heavy atom. The highest BCUT2D eigenvalue weighted by atomic mass is 16.4. The number of aliphatic carboxylic acids is 1. The number of carbonyl (C=O) groups excluding carboxylic acids is 1. The van der Waals surface area contributed by atoms with E-state index in [0.29, 0.717) is 12.6 Å². The number of likely N-dealkylation sites (tertiary alicyclic amines) is 1. The van der Waals surface area contributed by atoms with Crippen molar-refractivity contribution in [3.05, 3.63) is 0 Å². The highest BCUT2D eigenvalue weighted by Crippen LogP contribution is 2.17. The lowest BCUT2D eigenvalue weighted by atomic mass is 10.1. The smallest absolute Gasteiger partial charge is 0.328 e. The molecule has 0 aromatic carbocycles. The Labute approximate surface area is 114 Å². The summed E-state index contributed by atoms with van der Waals surface area (Å²) in [5.41, 5.74) is -1.24. The van der Waals surface area contributed by atoms with Crippen molar-refractivity contribution in [2.45, 2.75) is 45.2 Å². The predicted octanol–water partition coefficient (Wildman–Crippen LogP) is 0.975. The van der Waals surface area contributed by atoms with E-state index in [2.05, 4.69) is 17.1 Å². The molecule has 1 saturated heterocycles. The number of hydrogen-bond donors (Lipinski definition) is 2. The molecule has 1 heterocycles. The van der Waals surface area contributed by atoms with Gasteiger partial charge in [-0.3, -0.25) is 4.90 Å². The molecule has 0 radical (unpaired) electrons. The zero-order valence-electron chi connectivity index (χ0n) is 12.3. The molecule has 0 spiro atoms. The third-order valence-electron chi connectivity index (χ3n) is 3.69. The first-order chi connectivity index (χ1) is 8.77. The van der Waals surface area contributed by atoms with Crippen LogP contribution in [0.1, 0.15) is 33.6 Å². The molecule has 1 fully saturated rings. The first kappa shape index (κ1) is 15.8. The molecule has 19 heavy (non-hydrogen) atoms. The van der Waals surface area contributed by atoms with Crippen LogP contribution < -0.4 is 5.32 Å². The Kier molecular flexibility index (Phi) is 5.17. The average Bonchev–Trinajstić information content (AvgIpc) is 2.75. The molecule has 6 heteroatoms. The van der Waals surface area contributed by atoms with Gasteiger partial charge in [0, 0.05) is 19.6 Å². The Hall–Kier alpha value is -1.30. The highest BCUT2D eigenvalue weighted by molar-refractivity contribution is 5.85. The van der Waals surface area contributed by atoms with Crippen LogP contribution in [0, 0.1) is 0 Å². The lowest BCUT2D eigenvalue weighted by Crippen LogP contribution is -2.55. The van der Waals surface area contributed by atoms with Crippen LogP contribution in [0.25, 0.3) is 0 Å². The Morgan fingerprint density at radius 3 is 2.63 bits per heavy atom. The summed E-state index contributed by atoms with van der Waals surface area (Å²) in [7, 11) is 1.71. The van der Waals surface area contributed by atoms with Crippen LogP contribution in [0.15, 0.2) is 0 Å². The number of nitrogens with one attached hydrogen (secondary N) is 1. The van der Waals surface area contributed by atoms with E-state index in [4.69, 9.17) is 5.11 Å². The van der Waals surface area contributed by atoms with Crippen molar-refractivity contribution in [2.75, 3.05) is 26.7 Å². The van der Waals surface area contributed by atoms with Crippen LogP contribution in [-0.2, 0) is 4.79 Å².